The fraction of sp³-hybridized carbons (Fsp3) is 0.750. The van der Waals surface area contributed by atoms with E-state index in [0.717, 1.165) is 13.1 Å². The number of hydrogen-bond acceptors (Lipinski definition) is 2. The van der Waals surface area contributed by atoms with E-state index in [0.29, 0.717) is 18.3 Å². The fourth-order valence-electron chi connectivity index (χ4n) is 2.36. The van der Waals surface area contributed by atoms with E-state index in [-0.39, 0.29) is 5.91 Å². The first-order chi connectivity index (χ1) is 7.04. The molecule has 2 N–H and O–H groups in total. The van der Waals surface area contributed by atoms with Crippen LogP contribution in [0.1, 0.15) is 26.7 Å². The summed E-state index contributed by atoms with van der Waals surface area (Å²) in [6.07, 6.45) is 3.48. The Morgan fingerprint density at radius 1 is 1.53 bits per heavy atom. The molecule has 1 aliphatic rings. The summed E-state index contributed by atoms with van der Waals surface area (Å²) in [5.74, 6) is 1.26. The highest BCUT2D eigenvalue weighted by Crippen LogP contribution is 2.21. The largest absolute Gasteiger partial charge is 0.341 e. The number of rotatable bonds is 3. The standard InChI is InChI=1S/C12H22N2O/c1-4-5-11(13)12(15)14-7-9(2)6-10(3)8-14/h4,9-11H,1,5-8,13H2,2-3H3. The number of carbonyl (C=O) groups is 1. The van der Waals surface area contributed by atoms with E-state index in [9.17, 15) is 4.79 Å². The van der Waals surface area contributed by atoms with Crippen LogP contribution in [0.3, 0.4) is 0 Å². The predicted molar refractivity (Wildman–Crippen MR) is 62.3 cm³/mol. The summed E-state index contributed by atoms with van der Waals surface area (Å²) in [5, 5.41) is 0. The van der Waals surface area contributed by atoms with Gasteiger partial charge >= 0.3 is 0 Å². The first-order valence-corrected chi connectivity index (χ1v) is 5.69. The van der Waals surface area contributed by atoms with Crippen LogP contribution >= 0.6 is 0 Å². The first kappa shape index (κ1) is 12.2. The van der Waals surface area contributed by atoms with Gasteiger partial charge in [0, 0.05) is 13.1 Å². The second kappa shape index (κ2) is 5.31. The Morgan fingerprint density at radius 3 is 2.53 bits per heavy atom. The normalized spacial score (nSPS) is 28.6. The van der Waals surface area contributed by atoms with E-state index < -0.39 is 6.04 Å². The number of amides is 1. The minimum absolute atomic E-state index is 0.0771. The van der Waals surface area contributed by atoms with Gasteiger partial charge in [0.15, 0.2) is 0 Å². The third-order valence-electron chi connectivity index (χ3n) is 2.92. The summed E-state index contributed by atoms with van der Waals surface area (Å²) in [4.78, 5) is 13.8. The van der Waals surface area contributed by atoms with Crippen molar-refractivity contribution in [1.29, 1.82) is 0 Å². The fourth-order valence-corrected chi connectivity index (χ4v) is 2.36. The van der Waals surface area contributed by atoms with Gasteiger partial charge in [-0.1, -0.05) is 19.9 Å². The van der Waals surface area contributed by atoms with E-state index >= 15 is 0 Å². The van der Waals surface area contributed by atoms with E-state index in [4.69, 9.17) is 5.73 Å². The average Bonchev–Trinajstić information content (AvgIpc) is 2.15. The van der Waals surface area contributed by atoms with Gasteiger partial charge in [-0.25, -0.2) is 0 Å². The van der Waals surface area contributed by atoms with Gasteiger partial charge in [0.25, 0.3) is 0 Å². The number of carbonyl (C=O) groups excluding carboxylic acids is 1. The van der Waals surface area contributed by atoms with Crippen LogP contribution in [0.5, 0.6) is 0 Å². The topological polar surface area (TPSA) is 46.3 Å². The molecule has 86 valence electrons. The summed E-state index contributed by atoms with van der Waals surface area (Å²) in [6, 6.07) is -0.403. The third-order valence-corrected chi connectivity index (χ3v) is 2.92. The smallest absolute Gasteiger partial charge is 0.239 e. The van der Waals surface area contributed by atoms with Crippen LogP contribution in [-0.2, 0) is 4.79 Å². The van der Waals surface area contributed by atoms with Crippen LogP contribution in [-0.4, -0.2) is 29.9 Å². The number of nitrogens with two attached hydrogens (primary N) is 1. The zero-order chi connectivity index (χ0) is 11.4. The lowest BCUT2D eigenvalue weighted by Crippen LogP contribution is -2.49. The van der Waals surface area contributed by atoms with Gasteiger partial charge in [-0.3, -0.25) is 4.79 Å². The molecule has 3 unspecified atom stereocenters. The molecule has 15 heavy (non-hydrogen) atoms. The summed E-state index contributed by atoms with van der Waals surface area (Å²) < 4.78 is 0. The van der Waals surface area contributed by atoms with Crippen molar-refractivity contribution in [1.82, 2.24) is 4.90 Å². The Balaban J connectivity index is 2.54. The van der Waals surface area contributed by atoms with E-state index in [1.54, 1.807) is 6.08 Å². The Morgan fingerprint density at radius 2 is 2.07 bits per heavy atom. The summed E-state index contributed by atoms with van der Waals surface area (Å²) in [6.45, 7) is 9.70. The Hall–Kier alpha value is -0.830. The van der Waals surface area contributed by atoms with Gasteiger partial charge in [0.1, 0.15) is 0 Å². The van der Waals surface area contributed by atoms with E-state index in [1.165, 1.54) is 6.42 Å². The Kier molecular flexibility index (Phi) is 4.33. The molecule has 0 spiro atoms. The van der Waals surface area contributed by atoms with Gasteiger partial charge in [-0.2, -0.15) is 0 Å². The molecule has 0 aromatic carbocycles. The molecule has 0 aromatic rings. The second-order valence-electron chi connectivity index (χ2n) is 4.82. The van der Waals surface area contributed by atoms with Crippen molar-refractivity contribution < 1.29 is 4.79 Å². The molecule has 0 saturated carbocycles. The van der Waals surface area contributed by atoms with Gasteiger partial charge in [-0.15, -0.1) is 6.58 Å². The van der Waals surface area contributed by atoms with Crippen LogP contribution in [0.25, 0.3) is 0 Å². The average molecular weight is 210 g/mol. The quantitative estimate of drug-likeness (QED) is 0.716. The van der Waals surface area contributed by atoms with Crippen molar-refractivity contribution in [2.45, 2.75) is 32.7 Å². The maximum atomic E-state index is 11.9. The highest BCUT2D eigenvalue weighted by Gasteiger charge is 2.27. The second-order valence-corrected chi connectivity index (χ2v) is 4.82. The lowest BCUT2D eigenvalue weighted by atomic mass is 9.91. The number of likely N-dealkylation sites (tertiary alicyclic amines) is 1. The number of nitrogens with zero attached hydrogens (tertiary/aromatic N) is 1. The highest BCUT2D eigenvalue weighted by atomic mass is 16.2. The maximum absolute atomic E-state index is 11.9. The van der Waals surface area contributed by atoms with Crippen molar-refractivity contribution in [3.63, 3.8) is 0 Å². The van der Waals surface area contributed by atoms with Gasteiger partial charge in [-0.05, 0) is 24.7 Å². The van der Waals surface area contributed by atoms with Gasteiger partial charge in [0.05, 0.1) is 6.04 Å². The Bertz CT molecular complexity index is 230. The van der Waals surface area contributed by atoms with Crippen LogP contribution < -0.4 is 5.73 Å². The van der Waals surface area contributed by atoms with Crippen molar-refractivity contribution in [3.05, 3.63) is 12.7 Å². The molecular weight excluding hydrogens is 188 g/mol. The summed E-state index contributed by atoms with van der Waals surface area (Å²) >= 11 is 0. The van der Waals surface area contributed by atoms with Crippen LogP contribution in [0.2, 0.25) is 0 Å². The molecule has 0 bridgehead atoms. The first-order valence-electron chi connectivity index (χ1n) is 5.69. The molecule has 0 aliphatic carbocycles. The molecular formula is C12H22N2O. The SMILES string of the molecule is C=CCC(N)C(=O)N1CC(C)CC(C)C1. The number of piperidine rings is 1. The maximum Gasteiger partial charge on any atom is 0.239 e. The van der Waals surface area contributed by atoms with Crippen LogP contribution in [0, 0.1) is 11.8 Å². The molecule has 3 nitrogen and oxygen atoms in total. The minimum atomic E-state index is -0.403. The molecule has 3 atom stereocenters. The van der Waals surface area contributed by atoms with Crippen LogP contribution in [0.4, 0.5) is 0 Å². The molecule has 0 radical (unpaired) electrons. The third kappa shape index (κ3) is 3.34. The highest BCUT2D eigenvalue weighted by molar-refractivity contribution is 5.81. The Labute approximate surface area is 92.3 Å². The molecule has 3 heteroatoms. The molecule has 1 heterocycles. The van der Waals surface area contributed by atoms with Crippen molar-refractivity contribution in [2.24, 2.45) is 17.6 Å². The number of hydrogen-bond donors (Lipinski definition) is 1. The molecule has 0 aromatic heterocycles. The lowest BCUT2D eigenvalue weighted by Gasteiger charge is -2.36. The van der Waals surface area contributed by atoms with Gasteiger partial charge in [0.2, 0.25) is 5.91 Å². The zero-order valence-electron chi connectivity index (χ0n) is 9.78. The van der Waals surface area contributed by atoms with Crippen molar-refractivity contribution >= 4 is 5.91 Å². The summed E-state index contributed by atoms with van der Waals surface area (Å²) in [5.41, 5.74) is 5.79. The van der Waals surface area contributed by atoms with Gasteiger partial charge < -0.3 is 10.6 Å². The molecule has 1 fully saturated rings. The zero-order valence-corrected chi connectivity index (χ0v) is 9.78. The summed E-state index contributed by atoms with van der Waals surface area (Å²) in [7, 11) is 0. The van der Waals surface area contributed by atoms with E-state index in [2.05, 4.69) is 20.4 Å². The van der Waals surface area contributed by atoms with Crippen molar-refractivity contribution in [3.8, 4) is 0 Å². The molecule has 1 aliphatic heterocycles. The monoisotopic (exact) mass is 210 g/mol. The molecule has 1 rings (SSSR count). The molecule has 1 amide bonds. The van der Waals surface area contributed by atoms with Crippen molar-refractivity contribution in [2.75, 3.05) is 13.1 Å². The van der Waals surface area contributed by atoms with E-state index in [1.807, 2.05) is 4.90 Å². The van der Waals surface area contributed by atoms with Crippen LogP contribution in [0.15, 0.2) is 12.7 Å². The molecule has 1 saturated heterocycles. The predicted octanol–water partition coefficient (Wildman–Crippen LogP) is 1.39. The minimum Gasteiger partial charge on any atom is -0.341 e. The lowest BCUT2D eigenvalue weighted by molar-refractivity contribution is -0.135.